The van der Waals surface area contributed by atoms with Gasteiger partial charge in [-0.15, -0.1) is 0 Å². The molecule has 1 fully saturated rings. The van der Waals surface area contributed by atoms with Crippen LogP contribution in [0.5, 0.6) is 0 Å². The Kier molecular flexibility index (Phi) is 8.13. The van der Waals surface area contributed by atoms with Crippen LogP contribution >= 0.6 is 0 Å². The van der Waals surface area contributed by atoms with Crippen molar-refractivity contribution in [3.63, 3.8) is 0 Å². The van der Waals surface area contributed by atoms with E-state index in [0.717, 1.165) is 11.8 Å². The number of ether oxygens (including phenoxy) is 1. The van der Waals surface area contributed by atoms with Gasteiger partial charge >= 0.3 is 12.2 Å². The average molecular weight is 619 g/mol. The Balaban J connectivity index is 1.20. The minimum absolute atomic E-state index is 0.0989. The number of para-hydroxylation sites is 1. The Morgan fingerprint density at radius 1 is 0.933 bits per heavy atom. The molecule has 0 bridgehead atoms. The van der Waals surface area contributed by atoms with Crippen LogP contribution in [-0.4, -0.2) is 57.7 Å². The summed E-state index contributed by atoms with van der Waals surface area (Å²) in [5, 5.41) is 8.27. The van der Waals surface area contributed by atoms with Crippen LogP contribution in [0.2, 0.25) is 0 Å². The lowest BCUT2D eigenvalue weighted by Gasteiger charge is -2.30. The van der Waals surface area contributed by atoms with Crippen molar-refractivity contribution < 1.29 is 27.5 Å². The zero-order valence-corrected chi connectivity index (χ0v) is 24.1. The lowest BCUT2D eigenvalue weighted by molar-refractivity contribution is -0.136. The standard InChI is InChI=1S/C31H29F3N8O3/c1-20-23(38-30(44)39-24-6-3-2-5-22(24)31(32,33)34)7-4-8-26(20)42-18-25(28-35-11-12-41(28)19-42)37-27-10-9-21(17-36-27)29(43)40-13-15-45-16-14-40/h2-12,17-18H,13-16,19H2,1H3,(H,36,37)(H2,38,39,44). The zero-order chi connectivity index (χ0) is 31.6. The first kappa shape index (κ1) is 29.7. The number of urea groups is 1. The summed E-state index contributed by atoms with van der Waals surface area (Å²) < 4.78 is 47.5. The molecule has 2 aliphatic rings. The number of aromatic nitrogens is 3. The Morgan fingerprint density at radius 2 is 1.69 bits per heavy atom. The lowest BCUT2D eigenvalue weighted by Crippen LogP contribution is -2.40. The smallest absolute Gasteiger partial charge is 0.378 e. The molecule has 1 saturated heterocycles. The normalized spacial score (nSPS) is 14.8. The molecule has 3 N–H and O–H groups in total. The number of hydrogen-bond donors (Lipinski definition) is 3. The summed E-state index contributed by atoms with van der Waals surface area (Å²) in [6.07, 6.45) is 2.29. The van der Waals surface area contributed by atoms with E-state index in [1.165, 1.54) is 24.4 Å². The molecule has 3 amide bonds. The number of amides is 3. The van der Waals surface area contributed by atoms with Gasteiger partial charge in [0.2, 0.25) is 0 Å². The van der Waals surface area contributed by atoms with Gasteiger partial charge in [0.15, 0.2) is 5.82 Å². The Morgan fingerprint density at radius 3 is 2.44 bits per heavy atom. The van der Waals surface area contributed by atoms with Gasteiger partial charge in [0.05, 0.1) is 35.7 Å². The molecule has 0 spiro atoms. The molecule has 11 nitrogen and oxygen atoms in total. The molecule has 4 heterocycles. The van der Waals surface area contributed by atoms with Crippen LogP contribution < -0.4 is 20.9 Å². The predicted octanol–water partition coefficient (Wildman–Crippen LogP) is 5.61. The first-order chi connectivity index (χ1) is 21.7. The predicted molar refractivity (Wildman–Crippen MR) is 163 cm³/mol. The van der Waals surface area contributed by atoms with Gasteiger partial charge < -0.3 is 35.1 Å². The fourth-order valence-corrected chi connectivity index (χ4v) is 5.19. The largest absolute Gasteiger partial charge is 0.418 e. The second-order valence-corrected chi connectivity index (χ2v) is 10.4. The highest BCUT2D eigenvalue weighted by atomic mass is 19.4. The average Bonchev–Trinajstić information content (AvgIpc) is 3.52. The van der Waals surface area contributed by atoms with Crippen LogP contribution in [0.15, 0.2) is 79.4 Å². The van der Waals surface area contributed by atoms with Crippen LogP contribution in [0.1, 0.15) is 27.3 Å². The SMILES string of the molecule is Cc1c(NC(=O)Nc2ccccc2C(F)(F)F)cccc1N1C=C(Nc2ccc(C(=O)N3CCOCC3)cn2)c2nccn2C1. The van der Waals surface area contributed by atoms with Crippen LogP contribution in [-0.2, 0) is 17.6 Å². The van der Waals surface area contributed by atoms with Gasteiger partial charge in [-0.2, -0.15) is 13.2 Å². The molecule has 2 aromatic carbocycles. The molecule has 14 heteroatoms. The summed E-state index contributed by atoms with van der Waals surface area (Å²) in [6.45, 7) is 4.33. The topological polar surface area (TPSA) is 117 Å². The third-order valence-electron chi connectivity index (χ3n) is 7.46. The van der Waals surface area contributed by atoms with Gasteiger partial charge in [-0.3, -0.25) is 4.79 Å². The molecule has 232 valence electrons. The second-order valence-electron chi connectivity index (χ2n) is 10.4. The van der Waals surface area contributed by atoms with E-state index >= 15 is 0 Å². The van der Waals surface area contributed by atoms with Crippen molar-refractivity contribution in [3.8, 4) is 0 Å². The number of nitrogens with one attached hydrogen (secondary N) is 3. The molecule has 2 aromatic heterocycles. The highest BCUT2D eigenvalue weighted by Crippen LogP contribution is 2.35. The lowest BCUT2D eigenvalue weighted by atomic mass is 10.1. The molecule has 6 rings (SSSR count). The van der Waals surface area contributed by atoms with Crippen molar-refractivity contribution in [2.24, 2.45) is 0 Å². The number of rotatable bonds is 6. The summed E-state index contributed by atoms with van der Waals surface area (Å²) in [5.41, 5.74) is 1.72. The van der Waals surface area contributed by atoms with Crippen molar-refractivity contribution in [3.05, 3.63) is 102 Å². The van der Waals surface area contributed by atoms with Crippen LogP contribution in [0.25, 0.3) is 5.70 Å². The van der Waals surface area contributed by atoms with Crippen molar-refractivity contribution >= 4 is 40.5 Å². The first-order valence-electron chi connectivity index (χ1n) is 14.1. The van der Waals surface area contributed by atoms with Crippen molar-refractivity contribution in [2.75, 3.05) is 47.2 Å². The fourth-order valence-electron chi connectivity index (χ4n) is 5.19. The zero-order valence-electron chi connectivity index (χ0n) is 24.1. The number of carbonyl (C=O) groups is 2. The van der Waals surface area contributed by atoms with Gasteiger partial charge in [0.25, 0.3) is 5.91 Å². The molecular weight excluding hydrogens is 589 g/mol. The number of benzene rings is 2. The number of halogens is 3. The molecule has 0 aliphatic carbocycles. The third-order valence-corrected chi connectivity index (χ3v) is 7.46. The van der Waals surface area contributed by atoms with Crippen LogP contribution in [0, 0.1) is 6.92 Å². The summed E-state index contributed by atoms with van der Waals surface area (Å²) >= 11 is 0. The van der Waals surface area contributed by atoms with Gasteiger partial charge in [-0.1, -0.05) is 18.2 Å². The van der Waals surface area contributed by atoms with E-state index < -0.39 is 17.8 Å². The molecule has 0 atom stereocenters. The van der Waals surface area contributed by atoms with E-state index in [1.807, 2.05) is 34.9 Å². The monoisotopic (exact) mass is 618 g/mol. The molecule has 0 radical (unpaired) electrons. The van der Waals surface area contributed by atoms with E-state index in [2.05, 4.69) is 25.9 Å². The van der Waals surface area contributed by atoms with E-state index in [4.69, 9.17) is 4.74 Å². The number of imidazole rings is 1. The van der Waals surface area contributed by atoms with Gasteiger partial charge in [-0.05, 0) is 48.9 Å². The van der Waals surface area contributed by atoms with Crippen molar-refractivity contribution in [1.82, 2.24) is 19.4 Å². The van der Waals surface area contributed by atoms with Crippen molar-refractivity contribution in [2.45, 2.75) is 19.8 Å². The summed E-state index contributed by atoms with van der Waals surface area (Å²) in [7, 11) is 0. The Labute approximate surface area is 256 Å². The summed E-state index contributed by atoms with van der Waals surface area (Å²) in [5.74, 6) is 1.09. The Bertz CT molecular complexity index is 1750. The fraction of sp³-hybridized carbons (Fsp3) is 0.226. The molecule has 4 aromatic rings. The maximum Gasteiger partial charge on any atom is 0.418 e. The van der Waals surface area contributed by atoms with E-state index in [9.17, 15) is 22.8 Å². The molecule has 2 aliphatic heterocycles. The van der Waals surface area contributed by atoms with Crippen LogP contribution in [0.4, 0.5) is 40.8 Å². The quantitative estimate of drug-likeness (QED) is 0.257. The van der Waals surface area contributed by atoms with E-state index in [0.29, 0.717) is 67.1 Å². The van der Waals surface area contributed by atoms with E-state index in [-0.39, 0.29) is 11.6 Å². The number of fused-ring (bicyclic) bond motifs is 1. The molecular formula is C31H29F3N8O3. The number of hydrogen-bond acceptors (Lipinski definition) is 7. The number of pyridine rings is 1. The van der Waals surface area contributed by atoms with Crippen molar-refractivity contribution in [1.29, 1.82) is 0 Å². The third kappa shape index (κ3) is 6.45. The van der Waals surface area contributed by atoms with E-state index in [1.54, 1.807) is 35.4 Å². The van der Waals surface area contributed by atoms with Gasteiger partial charge in [0, 0.05) is 49.3 Å². The summed E-state index contributed by atoms with van der Waals surface area (Å²) in [4.78, 5) is 38.2. The number of carbonyl (C=O) groups excluding carboxylic acids is 2. The minimum atomic E-state index is -4.61. The second kappa shape index (κ2) is 12.3. The van der Waals surface area contributed by atoms with Crippen LogP contribution in [0.3, 0.4) is 0 Å². The first-order valence-corrected chi connectivity index (χ1v) is 14.1. The Hall–Kier alpha value is -5.37. The molecule has 45 heavy (non-hydrogen) atoms. The number of morpholine rings is 1. The summed E-state index contributed by atoms with van der Waals surface area (Å²) in [6, 6.07) is 12.7. The molecule has 0 unspecified atom stereocenters. The highest BCUT2D eigenvalue weighted by molar-refractivity contribution is 6.01. The number of nitrogens with zero attached hydrogens (tertiary/aromatic N) is 5. The number of alkyl halides is 3. The van der Waals surface area contributed by atoms with Gasteiger partial charge in [0.1, 0.15) is 12.5 Å². The number of anilines is 4. The van der Waals surface area contributed by atoms with Gasteiger partial charge in [-0.25, -0.2) is 14.8 Å². The highest BCUT2D eigenvalue weighted by Gasteiger charge is 2.33. The maximum atomic E-state index is 13.4. The maximum absolute atomic E-state index is 13.4. The minimum Gasteiger partial charge on any atom is -0.378 e. The molecule has 0 saturated carbocycles.